The number of nitrogens with zero attached hydrogens (tertiary/aromatic N) is 3. The third kappa shape index (κ3) is 3.95. The fourth-order valence-electron chi connectivity index (χ4n) is 4.67. The average Bonchev–Trinajstić information content (AvgIpc) is 2.77. The van der Waals surface area contributed by atoms with Crippen LogP contribution in [0.2, 0.25) is 0 Å². The molecule has 6 heteroatoms. The van der Waals surface area contributed by atoms with Crippen molar-refractivity contribution < 1.29 is 5.11 Å². The van der Waals surface area contributed by atoms with Gasteiger partial charge in [-0.15, -0.1) is 12.4 Å². The summed E-state index contributed by atoms with van der Waals surface area (Å²) in [6, 6.07) is 14.0. The molecule has 1 aliphatic rings. The number of pyridine rings is 1. The first-order valence-electron chi connectivity index (χ1n) is 10.6. The van der Waals surface area contributed by atoms with E-state index < -0.39 is 6.10 Å². The third-order valence-electron chi connectivity index (χ3n) is 6.30. The molecule has 1 aliphatic carbocycles. The first kappa shape index (κ1) is 21.5. The van der Waals surface area contributed by atoms with E-state index in [4.69, 9.17) is 0 Å². The minimum absolute atomic E-state index is 0. The van der Waals surface area contributed by atoms with Gasteiger partial charge in [-0.25, -0.2) is 4.98 Å². The Morgan fingerprint density at radius 1 is 1.03 bits per heavy atom. The highest BCUT2D eigenvalue weighted by Gasteiger charge is 2.26. The summed E-state index contributed by atoms with van der Waals surface area (Å²) >= 11 is 0. The smallest absolute Gasteiger partial charge is 0.261 e. The quantitative estimate of drug-likeness (QED) is 0.472. The van der Waals surface area contributed by atoms with Gasteiger partial charge >= 0.3 is 0 Å². The van der Waals surface area contributed by atoms with Crippen LogP contribution < -0.4 is 5.56 Å². The van der Waals surface area contributed by atoms with Crippen LogP contribution in [-0.4, -0.2) is 25.7 Å². The van der Waals surface area contributed by atoms with Crippen LogP contribution in [0.3, 0.4) is 0 Å². The second kappa shape index (κ2) is 8.77. The van der Waals surface area contributed by atoms with Gasteiger partial charge in [0.1, 0.15) is 0 Å². The van der Waals surface area contributed by atoms with Crippen molar-refractivity contribution in [1.82, 2.24) is 14.5 Å². The average molecular weight is 436 g/mol. The molecule has 4 aromatic rings. The Labute approximate surface area is 187 Å². The van der Waals surface area contributed by atoms with Crippen LogP contribution in [0.15, 0.2) is 59.8 Å². The first-order chi connectivity index (χ1) is 14.6. The van der Waals surface area contributed by atoms with E-state index in [9.17, 15) is 9.90 Å². The van der Waals surface area contributed by atoms with Crippen molar-refractivity contribution in [3.8, 4) is 0 Å². The molecule has 0 spiro atoms. The molecular weight excluding hydrogens is 410 g/mol. The van der Waals surface area contributed by atoms with E-state index in [1.54, 1.807) is 10.9 Å². The minimum atomic E-state index is -0.491. The van der Waals surface area contributed by atoms with Gasteiger partial charge in [-0.1, -0.05) is 43.2 Å². The van der Waals surface area contributed by atoms with Gasteiger partial charge in [-0.05, 0) is 54.8 Å². The lowest BCUT2D eigenvalue weighted by atomic mass is 9.92. The molecule has 1 N–H and O–H groups in total. The van der Waals surface area contributed by atoms with Crippen LogP contribution in [0.5, 0.6) is 0 Å². The van der Waals surface area contributed by atoms with Crippen LogP contribution in [0.25, 0.3) is 21.7 Å². The topological polar surface area (TPSA) is 68.0 Å². The molecule has 0 aliphatic heterocycles. The summed E-state index contributed by atoms with van der Waals surface area (Å²) in [6.45, 7) is 1.98. The fraction of sp³-hybridized carbons (Fsp3) is 0.320. The van der Waals surface area contributed by atoms with E-state index in [1.165, 1.54) is 0 Å². The van der Waals surface area contributed by atoms with E-state index in [0.29, 0.717) is 11.8 Å². The summed E-state index contributed by atoms with van der Waals surface area (Å²) in [5.74, 6) is 0. The second-order valence-electron chi connectivity index (χ2n) is 8.34. The van der Waals surface area contributed by atoms with Crippen LogP contribution in [0, 0.1) is 6.92 Å². The van der Waals surface area contributed by atoms with E-state index in [0.717, 1.165) is 58.8 Å². The van der Waals surface area contributed by atoms with Gasteiger partial charge in [0.2, 0.25) is 0 Å². The van der Waals surface area contributed by atoms with Gasteiger partial charge in [0, 0.05) is 17.3 Å². The number of benzene rings is 2. The molecule has 1 saturated carbocycles. The van der Waals surface area contributed by atoms with Crippen molar-refractivity contribution in [2.75, 3.05) is 0 Å². The zero-order valence-electron chi connectivity index (χ0n) is 17.5. The standard InChI is InChI=1S/C25H25N3O2.ClH/c1-16-10-11-17(14-26-16)12-18-13-21-24(20-7-3-2-6-19(18)20)27-15-28(25(21)30)22-8-4-5-9-23(22)29;/h2-3,6-7,10-11,13-15,22-23,29H,4-5,8-9,12H2,1H3;1H/t22-,23-;/m0./s1. The van der Waals surface area contributed by atoms with Gasteiger partial charge < -0.3 is 5.11 Å². The Morgan fingerprint density at radius 3 is 2.55 bits per heavy atom. The molecule has 2 atom stereocenters. The molecule has 0 amide bonds. The van der Waals surface area contributed by atoms with Gasteiger partial charge in [0.05, 0.1) is 29.4 Å². The Morgan fingerprint density at radius 2 is 1.81 bits per heavy atom. The van der Waals surface area contributed by atoms with Crippen molar-refractivity contribution in [3.63, 3.8) is 0 Å². The molecule has 2 aromatic carbocycles. The number of hydrogen-bond donors (Lipinski definition) is 1. The van der Waals surface area contributed by atoms with E-state index in [1.807, 2.05) is 43.5 Å². The Balaban J connectivity index is 0.00000231. The SMILES string of the molecule is Cc1ccc(Cc2cc3c(=O)n([C@H]4CCCC[C@@H]4O)cnc3c3ccccc23)cn1.Cl. The summed E-state index contributed by atoms with van der Waals surface area (Å²) < 4.78 is 1.65. The number of fused-ring (bicyclic) bond motifs is 3. The lowest BCUT2D eigenvalue weighted by Crippen LogP contribution is -2.34. The highest BCUT2D eigenvalue weighted by atomic mass is 35.5. The molecule has 1 fully saturated rings. The summed E-state index contributed by atoms with van der Waals surface area (Å²) in [5.41, 5.74) is 3.84. The van der Waals surface area contributed by atoms with Crippen molar-refractivity contribution in [2.24, 2.45) is 0 Å². The number of rotatable bonds is 3. The van der Waals surface area contributed by atoms with Crippen LogP contribution in [-0.2, 0) is 6.42 Å². The zero-order valence-corrected chi connectivity index (χ0v) is 18.3. The monoisotopic (exact) mass is 435 g/mol. The number of halogens is 1. The lowest BCUT2D eigenvalue weighted by molar-refractivity contribution is 0.0735. The minimum Gasteiger partial charge on any atom is -0.391 e. The Bertz CT molecular complexity index is 1280. The predicted molar refractivity (Wildman–Crippen MR) is 126 cm³/mol. The molecule has 0 unspecified atom stereocenters. The molecule has 0 saturated heterocycles. The van der Waals surface area contributed by atoms with E-state index in [-0.39, 0.29) is 24.0 Å². The summed E-state index contributed by atoms with van der Waals surface area (Å²) in [6.07, 6.45) is 7.30. The largest absolute Gasteiger partial charge is 0.391 e. The number of aliphatic hydroxyl groups is 1. The van der Waals surface area contributed by atoms with Crippen molar-refractivity contribution in [3.05, 3.63) is 82.2 Å². The van der Waals surface area contributed by atoms with Crippen LogP contribution >= 0.6 is 12.4 Å². The number of aryl methyl sites for hydroxylation is 1. The molecular formula is C25H26ClN3O2. The van der Waals surface area contributed by atoms with Crippen molar-refractivity contribution in [2.45, 2.75) is 51.2 Å². The fourth-order valence-corrected chi connectivity index (χ4v) is 4.67. The summed E-state index contributed by atoms with van der Waals surface area (Å²) in [7, 11) is 0. The van der Waals surface area contributed by atoms with Crippen LogP contribution in [0.1, 0.15) is 48.5 Å². The van der Waals surface area contributed by atoms with E-state index >= 15 is 0 Å². The molecule has 5 rings (SSSR count). The summed E-state index contributed by atoms with van der Waals surface area (Å²) in [5, 5.41) is 13.2. The van der Waals surface area contributed by atoms with Crippen molar-refractivity contribution in [1.29, 1.82) is 0 Å². The highest BCUT2D eigenvalue weighted by Crippen LogP contribution is 2.30. The second-order valence-corrected chi connectivity index (χ2v) is 8.34. The third-order valence-corrected chi connectivity index (χ3v) is 6.30. The van der Waals surface area contributed by atoms with Crippen molar-refractivity contribution >= 4 is 34.1 Å². The number of hydrogen-bond acceptors (Lipinski definition) is 4. The number of aromatic nitrogens is 3. The normalized spacial score (nSPS) is 18.8. The molecule has 2 aromatic heterocycles. The maximum absolute atomic E-state index is 13.5. The molecule has 5 nitrogen and oxygen atoms in total. The first-order valence-corrected chi connectivity index (χ1v) is 10.6. The Hall–Kier alpha value is -2.76. The maximum Gasteiger partial charge on any atom is 0.261 e. The predicted octanol–water partition coefficient (Wildman–Crippen LogP) is 4.74. The van der Waals surface area contributed by atoms with Gasteiger partial charge in [0.15, 0.2) is 0 Å². The van der Waals surface area contributed by atoms with Crippen LogP contribution in [0.4, 0.5) is 0 Å². The number of aliphatic hydroxyl groups excluding tert-OH is 1. The molecule has 31 heavy (non-hydrogen) atoms. The molecule has 0 radical (unpaired) electrons. The van der Waals surface area contributed by atoms with Gasteiger partial charge in [0.25, 0.3) is 5.56 Å². The van der Waals surface area contributed by atoms with Gasteiger partial charge in [-0.3, -0.25) is 14.3 Å². The van der Waals surface area contributed by atoms with Gasteiger partial charge in [-0.2, -0.15) is 0 Å². The molecule has 160 valence electrons. The van der Waals surface area contributed by atoms with E-state index in [2.05, 4.69) is 22.1 Å². The highest BCUT2D eigenvalue weighted by molar-refractivity contribution is 6.06. The molecule has 2 heterocycles. The Kier molecular flexibility index (Phi) is 6.08. The maximum atomic E-state index is 13.5. The summed E-state index contributed by atoms with van der Waals surface area (Å²) in [4.78, 5) is 22.6. The lowest BCUT2D eigenvalue weighted by Gasteiger charge is -2.29. The molecule has 0 bridgehead atoms. The zero-order chi connectivity index (χ0) is 20.7.